The third kappa shape index (κ3) is 4.59. The van der Waals surface area contributed by atoms with E-state index in [-0.39, 0.29) is 5.82 Å². The lowest BCUT2D eigenvalue weighted by Gasteiger charge is -2.31. The first kappa shape index (κ1) is 19.5. The molecule has 0 atom stereocenters. The van der Waals surface area contributed by atoms with Crippen LogP contribution in [-0.2, 0) is 6.42 Å². The molecule has 1 amide bonds. The Morgan fingerprint density at radius 2 is 1.86 bits per heavy atom. The molecule has 1 aliphatic heterocycles. The van der Waals surface area contributed by atoms with Gasteiger partial charge in [-0.05, 0) is 68.2 Å². The zero-order valence-electron chi connectivity index (χ0n) is 16.4. The number of benzene rings is 2. The molecule has 5 nitrogen and oxygen atoms in total. The SMILES string of the molecule is NC(=O)n1c(CCN2CCC(COc3ccccc3)CC2)cc2cc(F)ccc21. The van der Waals surface area contributed by atoms with E-state index in [2.05, 4.69) is 4.90 Å². The van der Waals surface area contributed by atoms with Gasteiger partial charge in [0, 0.05) is 24.0 Å². The van der Waals surface area contributed by atoms with E-state index >= 15 is 0 Å². The summed E-state index contributed by atoms with van der Waals surface area (Å²) in [5, 5.41) is 0.704. The molecule has 0 spiro atoms. The smallest absolute Gasteiger partial charge is 0.323 e. The maximum Gasteiger partial charge on any atom is 0.323 e. The van der Waals surface area contributed by atoms with Crippen LogP contribution >= 0.6 is 0 Å². The van der Waals surface area contributed by atoms with Crippen LogP contribution in [0.1, 0.15) is 18.5 Å². The number of nitrogens with zero attached hydrogens (tertiary/aromatic N) is 2. The molecule has 0 saturated carbocycles. The topological polar surface area (TPSA) is 60.5 Å². The highest BCUT2D eigenvalue weighted by molar-refractivity contribution is 5.92. The number of piperidine rings is 1. The zero-order chi connectivity index (χ0) is 20.2. The first-order valence-corrected chi connectivity index (χ1v) is 10.1. The van der Waals surface area contributed by atoms with Crippen LogP contribution in [0.2, 0.25) is 0 Å². The number of nitrogens with two attached hydrogens (primary N) is 1. The molecule has 4 rings (SSSR count). The third-order valence-corrected chi connectivity index (χ3v) is 5.68. The number of primary amides is 1. The zero-order valence-corrected chi connectivity index (χ0v) is 16.4. The Labute approximate surface area is 169 Å². The second kappa shape index (κ2) is 8.66. The van der Waals surface area contributed by atoms with Gasteiger partial charge in [0.25, 0.3) is 0 Å². The van der Waals surface area contributed by atoms with Crippen molar-refractivity contribution < 1.29 is 13.9 Å². The number of aromatic nitrogens is 1. The van der Waals surface area contributed by atoms with Gasteiger partial charge in [0.1, 0.15) is 11.6 Å². The highest BCUT2D eigenvalue weighted by Gasteiger charge is 2.21. The van der Waals surface area contributed by atoms with Crippen LogP contribution in [0.15, 0.2) is 54.6 Å². The molecular weight excluding hydrogens is 369 g/mol. The number of ether oxygens (including phenoxy) is 1. The van der Waals surface area contributed by atoms with Crippen molar-refractivity contribution in [2.75, 3.05) is 26.2 Å². The molecule has 1 aliphatic rings. The molecule has 29 heavy (non-hydrogen) atoms. The van der Waals surface area contributed by atoms with Crippen LogP contribution in [0.25, 0.3) is 10.9 Å². The summed E-state index contributed by atoms with van der Waals surface area (Å²) >= 11 is 0. The van der Waals surface area contributed by atoms with Gasteiger partial charge in [-0.3, -0.25) is 4.57 Å². The second-order valence-electron chi connectivity index (χ2n) is 7.67. The minimum absolute atomic E-state index is 0.314. The fraction of sp³-hybridized carbons (Fsp3) is 0.348. The van der Waals surface area contributed by atoms with Crippen LogP contribution in [0.4, 0.5) is 9.18 Å². The Hall–Kier alpha value is -2.86. The number of rotatable bonds is 6. The van der Waals surface area contributed by atoms with Gasteiger partial charge in [-0.1, -0.05) is 18.2 Å². The summed E-state index contributed by atoms with van der Waals surface area (Å²) in [4.78, 5) is 14.3. The number of likely N-dealkylation sites (tertiary alicyclic amines) is 1. The maximum absolute atomic E-state index is 13.5. The minimum Gasteiger partial charge on any atom is -0.493 e. The molecular formula is C23H26FN3O2. The Morgan fingerprint density at radius 1 is 1.10 bits per heavy atom. The van der Waals surface area contributed by atoms with E-state index in [0.29, 0.717) is 23.2 Å². The van der Waals surface area contributed by atoms with Crippen molar-refractivity contribution in [2.45, 2.75) is 19.3 Å². The van der Waals surface area contributed by atoms with Gasteiger partial charge in [0.2, 0.25) is 0 Å². The van der Waals surface area contributed by atoms with Crippen molar-refractivity contribution in [2.24, 2.45) is 11.7 Å². The Balaban J connectivity index is 1.31. The number of halogens is 1. The van der Waals surface area contributed by atoms with Crippen molar-refractivity contribution >= 4 is 16.9 Å². The molecule has 0 unspecified atom stereocenters. The summed E-state index contributed by atoms with van der Waals surface area (Å²) in [6, 6.07) is 15.7. The largest absolute Gasteiger partial charge is 0.493 e. The van der Waals surface area contributed by atoms with Crippen molar-refractivity contribution in [3.8, 4) is 5.75 Å². The van der Waals surface area contributed by atoms with E-state index in [1.54, 1.807) is 6.07 Å². The molecule has 1 aromatic heterocycles. The van der Waals surface area contributed by atoms with Gasteiger partial charge in [0.05, 0.1) is 12.1 Å². The number of fused-ring (bicyclic) bond motifs is 1. The molecule has 0 radical (unpaired) electrons. The molecule has 1 fully saturated rings. The molecule has 2 heterocycles. The number of hydrogen-bond acceptors (Lipinski definition) is 3. The predicted molar refractivity (Wildman–Crippen MR) is 112 cm³/mol. The Morgan fingerprint density at radius 3 is 2.59 bits per heavy atom. The van der Waals surface area contributed by atoms with E-state index in [4.69, 9.17) is 10.5 Å². The van der Waals surface area contributed by atoms with Gasteiger partial charge in [-0.15, -0.1) is 0 Å². The van der Waals surface area contributed by atoms with Crippen LogP contribution in [0, 0.1) is 11.7 Å². The lowest BCUT2D eigenvalue weighted by molar-refractivity contribution is 0.142. The van der Waals surface area contributed by atoms with Crippen molar-refractivity contribution in [1.82, 2.24) is 9.47 Å². The average molecular weight is 395 g/mol. The molecule has 0 aliphatic carbocycles. The Bertz CT molecular complexity index is 978. The highest BCUT2D eigenvalue weighted by Crippen LogP contribution is 2.23. The number of amides is 1. The van der Waals surface area contributed by atoms with Gasteiger partial charge >= 0.3 is 6.03 Å². The quantitative estimate of drug-likeness (QED) is 0.685. The van der Waals surface area contributed by atoms with Gasteiger partial charge in [0.15, 0.2) is 0 Å². The molecule has 2 aromatic carbocycles. The van der Waals surface area contributed by atoms with Crippen LogP contribution in [-0.4, -0.2) is 41.7 Å². The summed E-state index contributed by atoms with van der Waals surface area (Å²) in [7, 11) is 0. The van der Waals surface area contributed by atoms with Gasteiger partial charge in [-0.2, -0.15) is 0 Å². The highest BCUT2D eigenvalue weighted by atomic mass is 19.1. The lowest BCUT2D eigenvalue weighted by atomic mass is 9.97. The summed E-state index contributed by atoms with van der Waals surface area (Å²) in [5.74, 6) is 1.17. The van der Waals surface area contributed by atoms with Crippen molar-refractivity contribution in [3.63, 3.8) is 0 Å². The van der Waals surface area contributed by atoms with Crippen LogP contribution in [0.5, 0.6) is 5.75 Å². The average Bonchev–Trinajstić information content (AvgIpc) is 3.10. The molecule has 6 heteroatoms. The van der Waals surface area contributed by atoms with Gasteiger partial charge < -0.3 is 15.4 Å². The summed E-state index contributed by atoms with van der Waals surface area (Å²) in [6.07, 6.45) is 2.89. The van der Waals surface area contributed by atoms with Gasteiger partial charge in [-0.25, -0.2) is 9.18 Å². The molecule has 2 N–H and O–H groups in total. The van der Waals surface area contributed by atoms with E-state index in [1.165, 1.54) is 16.7 Å². The number of carbonyl (C=O) groups excluding carboxylic acids is 1. The van der Waals surface area contributed by atoms with E-state index in [9.17, 15) is 9.18 Å². The van der Waals surface area contributed by atoms with Crippen molar-refractivity contribution in [1.29, 1.82) is 0 Å². The monoisotopic (exact) mass is 395 g/mol. The molecule has 152 valence electrons. The minimum atomic E-state index is -0.529. The van der Waals surface area contributed by atoms with Crippen molar-refractivity contribution in [3.05, 3.63) is 66.1 Å². The number of para-hydroxylation sites is 1. The summed E-state index contributed by atoms with van der Waals surface area (Å²) in [5.41, 5.74) is 7.06. The first-order valence-electron chi connectivity index (χ1n) is 10.1. The third-order valence-electron chi connectivity index (χ3n) is 5.68. The van der Waals surface area contributed by atoms with Crippen LogP contribution in [0.3, 0.4) is 0 Å². The second-order valence-corrected chi connectivity index (χ2v) is 7.67. The summed E-state index contributed by atoms with van der Waals surface area (Å²) in [6.45, 7) is 3.61. The number of hydrogen-bond donors (Lipinski definition) is 1. The lowest BCUT2D eigenvalue weighted by Crippen LogP contribution is -2.37. The van der Waals surface area contributed by atoms with E-state index < -0.39 is 6.03 Å². The Kier molecular flexibility index (Phi) is 5.81. The molecule has 1 saturated heterocycles. The van der Waals surface area contributed by atoms with E-state index in [0.717, 1.165) is 50.5 Å². The normalized spacial score (nSPS) is 15.6. The fourth-order valence-electron chi connectivity index (χ4n) is 4.07. The molecule has 0 bridgehead atoms. The number of carbonyl (C=O) groups is 1. The maximum atomic E-state index is 13.5. The van der Waals surface area contributed by atoms with E-state index in [1.807, 2.05) is 36.4 Å². The molecule has 3 aromatic rings. The standard InChI is InChI=1S/C23H26FN3O2/c24-19-6-7-22-18(14-19)15-20(27(22)23(25)28)10-13-26-11-8-17(9-12-26)16-29-21-4-2-1-3-5-21/h1-7,14-15,17H,8-13,16H2,(H2,25,28). The van der Waals surface area contributed by atoms with Crippen LogP contribution < -0.4 is 10.5 Å². The first-order chi connectivity index (χ1) is 14.1. The summed E-state index contributed by atoms with van der Waals surface area (Å²) < 4.78 is 20.9. The fourth-order valence-corrected chi connectivity index (χ4v) is 4.07. The predicted octanol–water partition coefficient (Wildman–Crippen LogP) is 4.04.